The number of nitrogens with zero attached hydrogens (tertiary/aromatic N) is 2. The van der Waals surface area contributed by atoms with Gasteiger partial charge < -0.3 is 0 Å². The Bertz CT molecular complexity index is 1120. The molecule has 140 valence electrons. The maximum Gasteiger partial charge on any atom is 0.328 e. The zero-order valence-electron chi connectivity index (χ0n) is 14.8. The number of halogens is 1. The molecule has 0 saturated carbocycles. The smallest absolute Gasteiger partial charge is 0.292 e. The summed E-state index contributed by atoms with van der Waals surface area (Å²) in [4.78, 5) is 37.0. The van der Waals surface area contributed by atoms with Crippen LogP contribution in [0.3, 0.4) is 0 Å². The zero-order valence-corrected chi connectivity index (χ0v) is 15.5. The normalized spacial score (nSPS) is 14.1. The van der Waals surface area contributed by atoms with Crippen LogP contribution in [0, 0.1) is 0 Å². The first-order chi connectivity index (χ1) is 13.5. The van der Waals surface area contributed by atoms with Crippen molar-refractivity contribution in [2.75, 3.05) is 11.4 Å². The molecule has 0 aliphatic carbocycles. The number of benzene rings is 2. The third-order valence-electron chi connectivity index (χ3n) is 4.60. The van der Waals surface area contributed by atoms with Crippen LogP contribution in [0.4, 0.5) is 10.5 Å². The highest BCUT2D eigenvalue weighted by molar-refractivity contribution is 6.36. The average molecular weight is 394 g/mol. The number of hydrogen-bond acceptors (Lipinski definition) is 3. The standard InChI is InChI=1S/C21H16ClN3O3/c22-20-16(4-3-5-17(20)25-13-11-18(26)23-21(25)28)14-7-9-15(10-8-14)24-12-2-1-6-19(24)27/h1-10,12H,11,13H2,(H,23,26,28). The van der Waals surface area contributed by atoms with Gasteiger partial charge in [-0.1, -0.05) is 41.9 Å². The van der Waals surface area contributed by atoms with E-state index < -0.39 is 6.03 Å². The SMILES string of the molecule is O=C1CCN(c2cccc(-c3ccc(-n4ccccc4=O)cc3)c2Cl)C(=O)N1. The number of rotatable bonds is 3. The van der Waals surface area contributed by atoms with E-state index in [0.717, 1.165) is 16.8 Å². The summed E-state index contributed by atoms with van der Waals surface area (Å²) >= 11 is 6.60. The summed E-state index contributed by atoms with van der Waals surface area (Å²) in [6.07, 6.45) is 1.94. The minimum atomic E-state index is -0.478. The molecule has 0 unspecified atom stereocenters. The highest BCUT2D eigenvalue weighted by Gasteiger charge is 2.26. The van der Waals surface area contributed by atoms with Crippen molar-refractivity contribution >= 4 is 29.2 Å². The van der Waals surface area contributed by atoms with Crippen LogP contribution < -0.4 is 15.8 Å². The summed E-state index contributed by atoms with van der Waals surface area (Å²) in [7, 11) is 0. The number of imide groups is 1. The van der Waals surface area contributed by atoms with Gasteiger partial charge in [0, 0.05) is 36.5 Å². The Morgan fingerprint density at radius 1 is 0.893 bits per heavy atom. The Kier molecular flexibility index (Phi) is 4.71. The van der Waals surface area contributed by atoms with E-state index >= 15 is 0 Å². The molecule has 3 amide bonds. The number of urea groups is 1. The van der Waals surface area contributed by atoms with E-state index in [0.29, 0.717) is 10.7 Å². The lowest BCUT2D eigenvalue weighted by atomic mass is 10.0. The van der Waals surface area contributed by atoms with Crippen molar-refractivity contribution in [3.8, 4) is 16.8 Å². The summed E-state index contributed by atoms with van der Waals surface area (Å²) in [6.45, 7) is 0.281. The average Bonchev–Trinajstić information content (AvgIpc) is 2.69. The van der Waals surface area contributed by atoms with E-state index in [2.05, 4.69) is 5.32 Å². The molecule has 2 heterocycles. The number of anilines is 1. The van der Waals surface area contributed by atoms with Crippen LogP contribution in [0.2, 0.25) is 5.02 Å². The van der Waals surface area contributed by atoms with E-state index in [9.17, 15) is 14.4 Å². The van der Waals surface area contributed by atoms with Gasteiger partial charge in [0.2, 0.25) is 5.91 Å². The Morgan fingerprint density at radius 2 is 1.68 bits per heavy atom. The molecule has 0 atom stereocenters. The predicted molar refractivity (Wildman–Crippen MR) is 108 cm³/mol. The highest BCUT2D eigenvalue weighted by Crippen LogP contribution is 2.36. The lowest BCUT2D eigenvalue weighted by molar-refractivity contribution is -0.120. The molecule has 7 heteroatoms. The first-order valence-electron chi connectivity index (χ1n) is 8.73. The number of amides is 3. The lowest BCUT2D eigenvalue weighted by Crippen LogP contribution is -2.49. The molecule has 2 aromatic carbocycles. The first-order valence-corrected chi connectivity index (χ1v) is 9.11. The van der Waals surface area contributed by atoms with Crippen molar-refractivity contribution in [3.63, 3.8) is 0 Å². The van der Waals surface area contributed by atoms with Crippen molar-refractivity contribution in [3.05, 3.63) is 82.2 Å². The van der Waals surface area contributed by atoms with Gasteiger partial charge in [-0.2, -0.15) is 0 Å². The highest BCUT2D eigenvalue weighted by atomic mass is 35.5. The van der Waals surface area contributed by atoms with E-state index in [1.165, 1.54) is 11.0 Å². The number of carbonyl (C=O) groups is 2. The maximum atomic E-state index is 12.1. The van der Waals surface area contributed by atoms with Crippen molar-refractivity contribution in [2.24, 2.45) is 0 Å². The van der Waals surface area contributed by atoms with Crippen LogP contribution in [-0.2, 0) is 4.79 Å². The van der Waals surface area contributed by atoms with Crippen LogP contribution >= 0.6 is 11.6 Å². The van der Waals surface area contributed by atoms with E-state index in [-0.39, 0.29) is 24.4 Å². The topological polar surface area (TPSA) is 71.4 Å². The summed E-state index contributed by atoms with van der Waals surface area (Å²) in [5.41, 5.74) is 2.80. The third kappa shape index (κ3) is 3.30. The molecule has 0 bridgehead atoms. The second-order valence-electron chi connectivity index (χ2n) is 6.35. The van der Waals surface area contributed by atoms with E-state index in [1.807, 2.05) is 36.4 Å². The molecule has 0 radical (unpaired) electrons. The quantitative estimate of drug-likeness (QED) is 0.739. The Balaban J connectivity index is 1.69. The van der Waals surface area contributed by atoms with Crippen LogP contribution in [0.1, 0.15) is 6.42 Å². The molecule has 1 aliphatic heterocycles. The molecule has 1 fully saturated rings. The Hall–Kier alpha value is -3.38. The summed E-state index contributed by atoms with van der Waals surface area (Å²) in [6, 6.07) is 17.4. The largest absolute Gasteiger partial charge is 0.328 e. The third-order valence-corrected chi connectivity index (χ3v) is 5.00. The minimum absolute atomic E-state index is 0.110. The van der Waals surface area contributed by atoms with E-state index in [4.69, 9.17) is 11.6 Å². The van der Waals surface area contributed by atoms with Gasteiger partial charge in [0.25, 0.3) is 5.56 Å². The Labute approximate surface area is 166 Å². The number of nitrogens with one attached hydrogen (secondary N) is 1. The van der Waals surface area contributed by atoms with Gasteiger partial charge in [-0.05, 0) is 29.8 Å². The monoisotopic (exact) mass is 393 g/mol. The number of pyridine rings is 1. The molecule has 4 rings (SSSR count). The van der Waals surface area contributed by atoms with Crippen LogP contribution in [0.15, 0.2) is 71.7 Å². The molecule has 3 aromatic rings. The van der Waals surface area contributed by atoms with Gasteiger partial charge in [0.05, 0.1) is 10.7 Å². The lowest BCUT2D eigenvalue weighted by Gasteiger charge is -2.28. The number of aromatic nitrogens is 1. The van der Waals surface area contributed by atoms with Crippen LogP contribution in [0.25, 0.3) is 16.8 Å². The van der Waals surface area contributed by atoms with Crippen molar-refractivity contribution in [2.45, 2.75) is 6.42 Å². The van der Waals surface area contributed by atoms with Gasteiger partial charge in [0.15, 0.2) is 0 Å². The summed E-state index contributed by atoms with van der Waals surface area (Å²) < 4.78 is 1.55. The van der Waals surface area contributed by atoms with Crippen LogP contribution in [0.5, 0.6) is 0 Å². The molecular weight excluding hydrogens is 378 g/mol. The molecule has 0 spiro atoms. The molecule has 1 saturated heterocycles. The molecule has 1 aromatic heterocycles. The molecular formula is C21H16ClN3O3. The van der Waals surface area contributed by atoms with Gasteiger partial charge >= 0.3 is 6.03 Å². The second kappa shape index (κ2) is 7.32. The van der Waals surface area contributed by atoms with Gasteiger partial charge in [0.1, 0.15) is 0 Å². The zero-order chi connectivity index (χ0) is 19.7. The fraction of sp³-hybridized carbons (Fsp3) is 0.0952. The molecule has 28 heavy (non-hydrogen) atoms. The fourth-order valence-corrected chi connectivity index (χ4v) is 3.52. The molecule has 1 N–H and O–H groups in total. The number of carbonyl (C=O) groups excluding carboxylic acids is 2. The van der Waals surface area contributed by atoms with Gasteiger partial charge in [-0.15, -0.1) is 0 Å². The van der Waals surface area contributed by atoms with Crippen LogP contribution in [-0.4, -0.2) is 23.1 Å². The second-order valence-corrected chi connectivity index (χ2v) is 6.73. The van der Waals surface area contributed by atoms with E-state index in [1.54, 1.807) is 29.0 Å². The van der Waals surface area contributed by atoms with Crippen molar-refractivity contribution in [1.29, 1.82) is 0 Å². The molecule has 6 nitrogen and oxygen atoms in total. The van der Waals surface area contributed by atoms with Crippen molar-refractivity contribution < 1.29 is 9.59 Å². The summed E-state index contributed by atoms with van der Waals surface area (Å²) in [5.74, 6) is -0.291. The van der Waals surface area contributed by atoms with Gasteiger partial charge in [-0.25, -0.2) is 4.79 Å². The summed E-state index contributed by atoms with van der Waals surface area (Å²) in [5, 5.41) is 2.73. The van der Waals surface area contributed by atoms with Gasteiger partial charge in [-0.3, -0.25) is 24.4 Å². The fourth-order valence-electron chi connectivity index (χ4n) is 3.19. The number of hydrogen-bond donors (Lipinski definition) is 1. The minimum Gasteiger partial charge on any atom is -0.292 e. The molecule has 1 aliphatic rings. The maximum absolute atomic E-state index is 12.1. The predicted octanol–water partition coefficient (Wildman–Crippen LogP) is 3.60. The van der Waals surface area contributed by atoms with Crippen molar-refractivity contribution in [1.82, 2.24) is 9.88 Å². The first kappa shape index (κ1) is 18.0. The Morgan fingerprint density at radius 3 is 2.39 bits per heavy atom.